The van der Waals surface area contributed by atoms with E-state index in [-0.39, 0.29) is 16.7 Å². The van der Waals surface area contributed by atoms with Crippen LogP contribution in [0.2, 0.25) is 0 Å². The lowest BCUT2D eigenvalue weighted by Crippen LogP contribution is -2.17. The van der Waals surface area contributed by atoms with Crippen LogP contribution in [0.3, 0.4) is 0 Å². The van der Waals surface area contributed by atoms with Crippen molar-refractivity contribution < 1.29 is 17.9 Å². The molecule has 18 heavy (non-hydrogen) atoms. The molecule has 0 N–H and O–H groups in total. The molecule has 0 amide bonds. The molecule has 0 bridgehead atoms. The first-order valence-corrected chi connectivity index (χ1v) is 8.07. The summed E-state index contributed by atoms with van der Waals surface area (Å²) in [5.41, 5.74) is 0.818. The second-order valence-corrected chi connectivity index (χ2v) is 6.87. The molecule has 1 atom stereocenters. The highest BCUT2D eigenvalue weighted by atomic mass is 35.7. The van der Waals surface area contributed by atoms with Crippen LogP contribution in [0.5, 0.6) is 5.75 Å². The van der Waals surface area contributed by atoms with Crippen molar-refractivity contribution in [2.24, 2.45) is 0 Å². The van der Waals surface area contributed by atoms with Gasteiger partial charge in [-0.25, -0.2) is 8.42 Å². The van der Waals surface area contributed by atoms with Gasteiger partial charge < -0.3 is 9.47 Å². The average molecular weight is 291 g/mol. The molecule has 1 saturated heterocycles. The van der Waals surface area contributed by atoms with Crippen LogP contribution < -0.4 is 4.74 Å². The van der Waals surface area contributed by atoms with Crippen molar-refractivity contribution >= 4 is 19.7 Å². The Kier molecular flexibility index (Phi) is 4.14. The van der Waals surface area contributed by atoms with E-state index in [1.165, 1.54) is 6.07 Å². The zero-order valence-corrected chi connectivity index (χ0v) is 11.6. The predicted molar refractivity (Wildman–Crippen MR) is 68.7 cm³/mol. The Morgan fingerprint density at radius 1 is 1.50 bits per heavy atom. The van der Waals surface area contributed by atoms with Gasteiger partial charge in [-0.15, -0.1) is 0 Å². The normalized spacial score (nSPS) is 20.0. The molecule has 0 aliphatic carbocycles. The van der Waals surface area contributed by atoms with Gasteiger partial charge in [0.15, 0.2) is 0 Å². The molecule has 0 aromatic heterocycles. The van der Waals surface area contributed by atoms with Crippen LogP contribution in [-0.2, 0) is 13.8 Å². The molecule has 1 fully saturated rings. The molecule has 2 rings (SSSR count). The van der Waals surface area contributed by atoms with Gasteiger partial charge in [-0.05, 0) is 37.5 Å². The summed E-state index contributed by atoms with van der Waals surface area (Å²) in [6.07, 6.45) is 1.99. The van der Waals surface area contributed by atoms with Crippen molar-refractivity contribution in [1.82, 2.24) is 0 Å². The van der Waals surface area contributed by atoms with E-state index in [0.717, 1.165) is 25.0 Å². The Balaban J connectivity index is 2.16. The Hall–Kier alpha value is -0.780. The monoisotopic (exact) mass is 290 g/mol. The zero-order valence-electron chi connectivity index (χ0n) is 10.1. The van der Waals surface area contributed by atoms with Gasteiger partial charge in [0, 0.05) is 17.3 Å². The lowest BCUT2D eigenvalue weighted by atomic mass is 10.2. The number of benzene rings is 1. The third-order valence-corrected chi connectivity index (χ3v) is 4.15. The van der Waals surface area contributed by atoms with Crippen LogP contribution in [0.1, 0.15) is 18.4 Å². The minimum Gasteiger partial charge on any atom is -0.489 e. The zero-order chi connectivity index (χ0) is 13.2. The fourth-order valence-electron chi connectivity index (χ4n) is 1.88. The van der Waals surface area contributed by atoms with Gasteiger partial charge in [-0.3, -0.25) is 0 Å². The van der Waals surface area contributed by atoms with Crippen LogP contribution in [0.4, 0.5) is 0 Å². The standard InChI is InChI=1S/C12H15ClO4S/c1-9-4-5-11(12(7-9)18(13,14)15)17-8-10-3-2-6-16-10/h4-5,7,10H,2-3,6,8H2,1H3/t10-/m1/s1. The van der Waals surface area contributed by atoms with Crippen LogP contribution >= 0.6 is 10.7 Å². The lowest BCUT2D eigenvalue weighted by molar-refractivity contribution is 0.0669. The first-order chi connectivity index (χ1) is 8.47. The van der Waals surface area contributed by atoms with Gasteiger partial charge in [0.1, 0.15) is 17.3 Å². The quantitative estimate of drug-likeness (QED) is 0.800. The topological polar surface area (TPSA) is 52.6 Å². The Morgan fingerprint density at radius 3 is 2.89 bits per heavy atom. The third kappa shape index (κ3) is 3.37. The summed E-state index contributed by atoms with van der Waals surface area (Å²) >= 11 is 0. The molecule has 1 heterocycles. The summed E-state index contributed by atoms with van der Waals surface area (Å²) in [5, 5.41) is 0. The predicted octanol–water partition coefficient (Wildman–Crippen LogP) is 2.48. The van der Waals surface area contributed by atoms with Gasteiger partial charge in [-0.2, -0.15) is 0 Å². The fraction of sp³-hybridized carbons (Fsp3) is 0.500. The van der Waals surface area contributed by atoms with Crippen LogP contribution in [-0.4, -0.2) is 27.7 Å². The fourth-order valence-corrected chi connectivity index (χ4v) is 2.94. The number of aryl methyl sites for hydroxylation is 1. The molecular formula is C12H15ClO4S. The van der Waals surface area contributed by atoms with E-state index in [1.54, 1.807) is 19.1 Å². The number of ether oxygens (including phenoxy) is 2. The molecule has 0 unspecified atom stereocenters. The van der Waals surface area contributed by atoms with Crippen molar-refractivity contribution in [2.45, 2.75) is 30.8 Å². The molecule has 1 aromatic carbocycles. The molecule has 6 heteroatoms. The maximum absolute atomic E-state index is 11.5. The Labute approximate surface area is 111 Å². The first kappa shape index (κ1) is 13.6. The van der Waals surface area contributed by atoms with E-state index in [4.69, 9.17) is 20.2 Å². The molecule has 0 spiro atoms. The molecule has 4 nitrogen and oxygen atoms in total. The Bertz CT molecular complexity index is 521. The molecule has 1 aliphatic rings. The molecule has 0 radical (unpaired) electrons. The van der Waals surface area contributed by atoms with E-state index >= 15 is 0 Å². The van der Waals surface area contributed by atoms with E-state index < -0.39 is 9.05 Å². The van der Waals surface area contributed by atoms with E-state index in [9.17, 15) is 8.42 Å². The molecular weight excluding hydrogens is 276 g/mol. The summed E-state index contributed by atoms with van der Waals surface area (Å²) in [5.74, 6) is 0.283. The van der Waals surface area contributed by atoms with Crippen molar-refractivity contribution in [3.8, 4) is 5.75 Å². The second-order valence-electron chi connectivity index (χ2n) is 4.33. The number of rotatable bonds is 4. The largest absolute Gasteiger partial charge is 0.489 e. The Morgan fingerprint density at radius 2 is 2.28 bits per heavy atom. The molecule has 100 valence electrons. The molecule has 1 aliphatic heterocycles. The number of halogens is 1. The minimum atomic E-state index is -3.80. The van der Waals surface area contributed by atoms with Crippen LogP contribution in [0.25, 0.3) is 0 Å². The smallest absolute Gasteiger partial charge is 0.264 e. The average Bonchev–Trinajstić information content (AvgIpc) is 2.79. The van der Waals surface area contributed by atoms with Gasteiger partial charge >= 0.3 is 0 Å². The van der Waals surface area contributed by atoms with Crippen molar-refractivity contribution in [3.05, 3.63) is 23.8 Å². The number of hydrogen-bond acceptors (Lipinski definition) is 4. The van der Waals surface area contributed by atoms with Gasteiger partial charge in [0.05, 0.1) is 6.10 Å². The molecule has 0 saturated carbocycles. The highest BCUT2D eigenvalue weighted by Crippen LogP contribution is 2.28. The second kappa shape index (κ2) is 5.47. The van der Waals surface area contributed by atoms with Crippen LogP contribution in [0.15, 0.2) is 23.1 Å². The van der Waals surface area contributed by atoms with Gasteiger partial charge in [0.25, 0.3) is 9.05 Å². The van der Waals surface area contributed by atoms with E-state index in [1.807, 2.05) is 0 Å². The van der Waals surface area contributed by atoms with Gasteiger partial charge in [-0.1, -0.05) is 6.07 Å². The van der Waals surface area contributed by atoms with Crippen molar-refractivity contribution in [2.75, 3.05) is 13.2 Å². The summed E-state index contributed by atoms with van der Waals surface area (Å²) < 4.78 is 33.8. The maximum atomic E-state index is 11.5. The van der Waals surface area contributed by atoms with Crippen molar-refractivity contribution in [1.29, 1.82) is 0 Å². The summed E-state index contributed by atoms with van der Waals surface area (Å²) in [4.78, 5) is 0.0159. The van der Waals surface area contributed by atoms with E-state index in [2.05, 4.69) is 0 Å². The van der Waals surface area contributed by atoms with Gasteiger partial charge in [0.2, 0.25) is 0 Å². The highest BCUT2D eigenvalue weighted by molar-refractivity contribution is 8.13. The highest BCUT2D eigenvalue weighted by Gasteiger charge is 2.20. The number of hydrogen-bond donors (Lipinski definition) is 0. The molecule has 1 aromatic rings. The van der Waals surface area contributed by atoms with Crippen molar-refractivity contribution in [3.63, 3.8) is 0 Å². The minimum absolute atomic E-state index is 0.0159. The van der Waals surface area contributed by atoms with Crippen LogP contribution in [0, 0.1) is 6.92 Å². The third-order valence-electron chi connectivity index (χ3n) is 2.81. The summed E-state index contributed by atoms with van der Waals surface area (Å²) in [6, 6.07) is 4.92. The summed E-state index contributed by atoms with van der Waals surface area (Å²) in [7, 11) is 1.60. The SMILES string of the molecule is Cc1ccc(OC[C@H]2CCCO2)c(S(=O)(=O)Cl)c1. The van der Waals surface area contributed by atoms with E-state index in [0.29, 0.717) is 6.61 Å². The maximum Gasteiger partial charge on any atom is 0.264 e. The first-order valence-electron chi connectivity index (χ1n) is 5.76. The summed E-state index contributed by atoms with van der Waals surface area (Å²) in [6.45, 7) is 2.89. The lowest BCUT2D eigenvalue weighted by Gasteiger charge is -2.13.